The fourth-order valence-electron chi connectivity index (χ4n) is 2.35. The second-order valence-electron chi connectivity index (χ2n) is 5.25. The number of hydrogen-bond donors (Lipinski definition) is 1. The van der Waals surface area contributed by atoms with Crippen LogP contribution in [0.4, 0.5) is 8.78 Å². The molecule has 1 aromatic heterocycles. The molecule has 0 saturated heterocycles. The third kappa shape index (κ3) is 3.93. The smallest absolute Gasteiger partial charge is 0.261 e. The van der Waals surface area contributed by atoms with Crippen LogP contribution in [0.15, 0.2) is 0 Å². The predicted molar refractivity (Wildman–Crippen MR) is 72.1 cm³/mol. The van der Waals surface area contributed by atoms with Gasteiger partial charge in [-0.05, 0) is 5.92 Å². The van der Waals surface area contributed by atoms with E-state index in [4.69, 9.17) is 4.74 Å². The van der Waals surface area contributed by atoms with E-state index in [2.05, 4.69) is 29.1 Å². The van der Waals surface area contributed by atoms with E-state index in [1.165, 1.54) is 5.56 Å². The highest BCUT2D eigenvalue weighted by molar-refractivity contribution is 5.30. The van der Waals surface area contributed by atoms with E-state index in [0.717, 1.165) is 30.9 Å². The van der Waals surface area contributed by atoms with Gasteiger partial charge in [0.05, 0.1) is 18.0 Å². The van der Waals surface area contributed by atoms with Crippen molar-refractivity contribution in [2.45, 2.75) is 45.6 Å². The minimum Gasteiger partial charge on any atom is -0.375 e. The van der Waals surface area contributed by atoms with Gasteiger partial charge in [-0.15, -0.1) is 0 Å². The molecule has 0 atom stereocenters. The van der Waals surface area contributed by atoms with Gasteiger partial charge in [0.15, 0.2) is 0 Å². The lowest BCUT2D eigenvalue weighted by molar-refractivity contribution is 0.0182. The molecule has 0 bridgehead atoms. The van der Waals surface area contributed by atoms with E-state index in [-0.39, 0.29) is 6.61 Å². The third-order valence-corrected chi connectivity index (χ3v) is 3.27. The SMILES string of the molecule is CC(C)c1nc(CCOCC(F)F)nc2c1CNCC2. The highest BCUT2D eigenvalue weighted by atomic mass is 19.3. The molecule has 0 fully saturated rings. The maximum atomic E-state index is 12.0. The average Bonchev–Trinajstić information content (AvgIpc) is 2.42. The first-order chi connectivity index (χ1) is 9.58. The van der Waals surface area contributed by atoms with Crippen molar-refractivity contribution in [3.63, 3.8) is 0 Å². The predicted octanol–water partition coefficient (Wildman–Crippen LogP) is 2.07. The van der Waals surface area contributed by atoms with Crippen LogP contribution in [-0.2, 0) is 24.1 Å². The van der Waals surface area contributed by atoms with Gasteiger partial charge in [0.2, 0.25) is 0 Å². The Morgan fingerprint density at radius 3 is 2.80 bits per heavy atom. The number of rotatable bonds is 6. The van der Waals surface area contributed by atoms with Gasteiger partial charge in [-0.3, -0.25) is 0 Å². The van der Waals surface area contributed by atoms with Crippen LogP contribution in [-0.4, -0.2) is 36.2 Å². The van der Waals surface area contributed by atoms with Crippen LogP contribution in [0.2, 0.25) is 0 Å². The standard InChI is InChI=1S/C14H21F2N3O/c1-9(2)14-10-7-17-5-3-11(10)18-13(19-14)4-6-20-8-12(15)16/h9,12,17H,3-8H2,1-2H3. The summed E-state index contributed by atoms with van der Waals surface area (Å²) in [4.78, 5) is 9.14. The highest BCUT2D eigenvalue weighted by Gasteiger charge is 2.19. The van der Waals surface area contributed by atoms with Crippen molar-refractivity contribution >= 4 is 0 Å². The number of halogens is 2. The van der Waals surface area contributed by atoms with Gasteiger partial charge in [-0.1, -0.05) is 13.8 Å². The van der Waals surface area contributed by atoms with Crippen molar-refractivity contribution in [3.8, 4) is 0 Å². The second kappa shape index (κ2) is 7.04. The van der Waals surface area contributed by atoms with Crippen LogP contribution in [0.5, 0.6) is 0 Å². The Morgan fingerprint density at radius 1 is 1.30 bits per heavy atom. The van der Waals surface area contributed by atoms with Gasteiger partial charge in [-0.2, -0.15) is 0 Å². The number of aromatic nitrogens is 2. The van der Waals surface area contributed by atoms with E-state index in [9.17, 15) is 8.78 Å². The van der Waals surface area contributed by atoms with E-state index in [0.29, 0.717) is 18.2 Å². The summed E-state index contributed by atoms with van der Waals surface area (Å²) < 4.78 is 28.9. The Hall–Kier alpha value is -1.14. The number of nitrogens with zero attached hydrogens (tertiary/aromatic N) is 2. The molecule has 2 rings (SSSR count). The minimum absolute atomic E-state index is 0.235. The van der Waals surface area contributed by atoms with Crippen molar-refractivity contribution in [2.24, 2.45) is 0 Å². The fourth-order valence-corrected chi connectivity index (χ4v) is 2.35. The van der Waals surface area contributed by atoms with Crippen LogP contribution in [0, 0.1) is 0 Å². The molecule has 1 aliphatic rings. The normalized spacial score (nSPS) is 14.9. The summed E-state index contributed by atoms with van der Waals surface area (Å²) in [6.07, 6.45) is -1.05. The largest absolute Gasteiger partial charge is 0.375 e. The maximum absolute atomic E-state index is 12.0. The summed E-state index contributed by atoms with van der Waals surface area (Å²) in [6.45, 7) is 5.65. The Labute approximate surface area is 118 Å². The van der Waals surface area contributed by atoms with Crippen LogP contribution >= 0.6 is 0 Å². The monoisotopic (exact) mass is 285 g/mol. The quantitative estimate of drug-likeness (QED) is 0.813. The summed E-state index contributed by atoms with van der Waals surface area (Å²) in [5.74, 6) is 1.02. The van der Waals surface area contributed by atoms with Crippen LogP contribution in [0.25, 0.3) is 0 Å². The van der Waals surface area contributed by atoms with Crippen LogP contribution < -0.4 is 5.32 Å². The molecule has 6 heteroatoms. The van der Waals surface area contributed by atoms with Crippen LogP contribution in [0.1, 0.15) is 42.5 Å². The summed E-state index contributed by atoms with van der Waals surface area (Å²) in [7, 11) is 0. The zero-order valence-corrected chi connectivity index (χ0v) is 12.0. The molecule has 0 radical (unpaired) electrons. The van der Waals surface area contributed by atoms with E-state index < -0.39 is 13.0 Å². The van der Waals surface area contributed by atoms with Crippen molar-refractivity contribution in [2.75, 3.05) is 19.8 Å². The molecular formula is C14H21F2N3O. The summed E-state index contributed by atoms with van der Waals surface area (Å²) in [5, 5.41) is 3.33. The molecule has 4 nitrogen and oxygen atoms in total. The number of fused-ring (bicyclic) bond motifs is 1. The first-order valence-corrected chi connectivity index (χ1v) is 7.03. The van der Waals surface area contributed by atoms with Gasteiger partial charge >= 0.3 is 0 Å². The molecule has 0 unspecified atom stereocenters. The molecule has 0 aromatic carbocycles. The first kappa shape index (κ1) is 15.3. The zero-order valence-electron chi connectivity index (χ0n) is 12.0. The Kier molecular flexibility index (Phi) is 5.37. The van der Waals surface area contributed by atoms with E-state index in [1.807, 2.05) is 0 Å². The molecule has 0 aliphatic carbocycles. The third-order valence-electron chi connectivity index (χ3n) is 3.27. The summed E-state index contributed by atoms with van der Waals surface area (Å²) >= 11 is 0. The summed E-state index contributed by atoms with van der Waals surface area (Å²) in [6, 6.07) is 0. The number of hydrogen-bond acceptors (Lipinski definition) is 4. The van der Waals surface area contributed by atoms with Gasteiger partial charge in [0.1, 0.15) is 12.4 Å². The van der Waals surface area contributed by atoms with E-state index in [1.54, 1.807) is 0 Å². The van der Waals surface area contributed by atoms with Gasteiger partial charge < -0.3 is 10.1 Å². The van der Waals surface area contributed by atoms with Gasteiger partial charge in [0, 0.05) is 31.5 Å². The lowest BCUT2D eigenvalue weighted by Crippen LogP contribution is -2.27. The Bertz CT molecular complexity index is 452. The highest BCUT2D eigenvalue weighted by Crippen LogP contribution is 2.22. The van der Waals surface area contributed by atoms with Crippen molar-refractivity contribution in [1.29, 1.82) is 0 Å². The minimum atomic E-state index is -2.42. The Morgan fingerprint density at radius 2 is 2.10 bits per heavy atom. The molecule has 0 saturated carbocycles. The summed E-state index contributed by atoms with van der Waals surface area (Å²) in [5.41, 5.74) is 3.35. The van der Waals surface area contributed by atoms with Gasteiger partial charge in [-0.25, -0.2) is 18.7 Å². The maximum Gasteiger partial charge on any atom is 0.261 e. The van der Waals surface area contributed by atoms with Crippen LogP contribution in [0.3, 0.4) is 0 Å². The van der Waals surface area contributed by atoms with Crippen molar-refractivity contribution in [3.05, 3.63) is 22.8 Å². The molecule has 1 aromatic rings. The first-order valence-electron chi connectivity index (χ1n) is 7.03. The molecule has 0 amide bonds. The lowest BCUT2D eigenvalue weighted by Gasteiger charge is -2.21. The topological polar surface area (TPSA) is 47.0 Å². The Balaban J connectivity index is 2.07. The lowest BCUT2D eigenvalue weighted by atomic mass is 9.98. The van der Waals surface area contributed by atoms with Crippen molar-refractivity contribution in [1.82, 2.24) is 15.3 Å². The van der Waals surface area contributed by atoms with E-state index >= 15 is 0 Å². The zero-order chi connectivity index (χ0) is 14.5. The second-order valence-corrected chi connectivity index (χ2v) is 5.25. The average molecular weight is 285 g/mol. The molecular weight excluding hydrogens is 264 g/mol. The van der Waals surface area contributed by atoms with Crippen molar-refractivity contribution < 1.29 is 13.5 Å². The fraction of sp³-hybridized carbons (Fsp3) is 0.714. The van der Waals surface area contributed by atoms with Gasteiger partial charge in [0.25, 0.3) is 6.43 Å². The molecule has 1 N–H and O–H groups in total. The molecule has 0 spiro atoms. The number of ether oxygens (including phenoxy) is 1. The molecule has 112 valence electrons. The molecule has 2 heterocycles. The number of alkyl halides is 2. The number of nitrogens with one attached hydrogen (secondary N) is 1. The molecule has 20 heavy (non-hydrogen) atoms. The molecule has 1 aliphatic heterocycles.